The Kier molecular flexibility index (Phi) is 12.8. The molecule has 2 N–H and O–H groups in total. The number of esters is 1. The Bertz CT molecular complexity index is 2100. The molecule has 4 aromatic rings. The lowest BCUT2D eigenvalue weighted by atomic mass is 9.86. The van der Waals surface area contributed by atoms with E-state index >= 15 is 0 Å². The summed E-state index contributed by atoms with van der Waals surface area (Å²) < 4.78 is 38.1. The highest BCUT2D eigenvalue weighted by molar-refractivity contribution is 7.90. The third kappa shape index (κ3) is 10.4. The molecule has 1 aliphatic carbocycles. The number of halogens is 4. The van der Waals surface area contributed by atoms with Crippen molar-refractivity contribution in [1.29, 1.82) is 0 Å². The number of para-hydroxylation sites is 1. The molecule has 1 amide bonds. The summed E-state index contributed by atoms with van der Waals surface area (Å²) in [5.41, 5.74) is 0.766. The summed E-state index contributed by atoms with van der Waals surface area (Å²) in [6, 6.07) is 14.8. The first-order valence-electron chi connectivity index (χ1n) is 18.2. The van der Waals surface area contributed by atoms with Gasteiger partial charge in [0.1, 0.15) is 18.2 Å². The van der Waals surface area contributed by atoms with Gasteiger partial charge in [0.05, 0.1) is 27.3 Å². The number of nitrogens with zero attached hydrogens (tertiary/aromatic N) is 4. The summed E-state index contributed by atoms with van der Waals surface area (Å²) in [5.74, 6) is -0.0696. The van der Waals surface area contributed by atoms with Crippen molar-refractivity contribution in [2.24, 2.45) is 5.92 Å². The van der Waals surface area contributed by atoms with Crippen LogP contribution in [-0.2, 0) is 24.3 Å². The fourth-order valence-corrected chi connectivity index (χ4v) is 8.94. The van der Waals surface area contributed by atoms with Crippen LogP contribution in [0.25, 0.3) is 22.2 Å². The molecule has 2 aliphatic rings. The van der Waals surface area contributed by atoms with Gasteiger partial charge in [-0.15, -0.1) is 0 Å². The third-order valence-electron chi connectivity index (χ3n) is 9.69. The number of nitrogens with one attached hydrogen (secondary N) is 2. The number of alkyl halides is 3. The summed E-state index contributed by atoms with van der Waals surface area (Å²) in [6.45, 7) is 5.92. The maximum Gasteiger partial charge on any atom is 0.409 e. The van der Waals surface area contributed by atoms with E-state index in [9.17, 15) is 18.0 Å². The Morgan fingerprint density at radius 2 is 1.64 bits per heavy atom. The first-order valence-corrected chi connectivity index (χ1v) is 21.1. The van der Waals surface area contributed by atoms with Crippen molar-refractivity contribution in [1.82, 2.24) is 24.2 Å². The molecule has 1 unspecified atom stereocenters. The minimum absolute atomic E-state index is 0.0241. The molecule has 3 atom stereocenters. The third-order valence-corrected chi connectivity index (χ3v) is 12.0. The van der Waals surface area contributed by atoms with E-state index in [4.69, 9.17) is 60.9 Å². The average Bonchev–Trinajstić information content (AvgIpc) is 3.54. The number of aromatic nitrogens is 3. The number of anilines is 1. The zero-order valence-corrected chi connectivity index (χ0v) is 34.5. The van der Waals surface area contributed by atoms with Crippen LogP contribution in [0.15, 0.2) is 71.9 Å². The lowest BCUT2D eigenvalue weighted by molar-refractivity contribution is -0.160. The van der Waals surface area contributed by atoms with Gasteiger partial charge < -0.3 is 25.0 Å². The minimum Gasteiger partial charge on any atom is -0.459 e. The summed E-state index contributed by atoms with van der Waals surface area (Å²) in [5, 5.41) is 8.05. The first kappa shape index (κ1) is 41.3. The van der Waals surface area contributed by atoms with Crippen LogP contribution in [0, 0.1) is 5.92 Å². The van der Waals surface area contributed by atoms with E-state index < -0.39 is 31.6 Å². The fraction of sp³-hybridized carbons (Fsp3) is 0.474. The van der Waals surface area contributed by atoms with E-state index in [1.54, 1.807) is 53.6 Å². The largest absolute Gasteiger partial charge is 0.459 e. The molecule has 1 saturated carbocycles. The van der Waals surface area contributed by atoms with Gasteiger partial charge in [-0.3, -0.25) is 4.79 Å². The second-order valence-corrected chi connectivity index (χ2v) is 19.7. The van der Waals surface area contributed by atoms with Gasteiger partial charge in [-0.2, -0.15) is 0 Å². The predicted molar refractivity (Wildman–Crippen MR) is 215 cm³/mol. The van der Waals surface area contributed by atoms with Crippen LogP contribution in [0.2, 0.25) is 5.02 Å². The van der Waals surface area contributed by atoms with Crippen LogP contribution in [-0.4, -0.2) is 86.5 Å². The summed E-state index contributed by atoms with van der Waals surface area (Å²) in [6.07, 6.45) is 6.87. The second kappa shape index (κ2) is 17.0. The standard InChI is InChI=1S/C38H44Cl4N6O6S/c1-37(2,3)54-34(49)32(24-16-18-47(19-17-24)36(50)53-23-38(40,41)42)44-25-10-9-11-26(20-25)45-35-43-21-30(39)33(46-35)29-22-48(31-15-8-7-14-28(29)31)55(51,52)27-12-5-4-6-13-27/h4-8,12-15,21-22,24-26,32,44H,9-11,16-20,23H2,1-3H3,(H,43,45,46)/t25-,26+,32?/m0/s1. The SMILES string of the molecule is CC(C)(C)OC(=O)C(N[C@H]1CCC[C@@H](Nc2ncc(Cl)c(-c3cn(S(=O)(=O)c4ccccc4)c4ccccc34)n2)C1)C1CCN(C(=O)OCC(Cl)(Cl)Cl)CC1. The molecular weight excluding hydrogens is 810 g/mol. The van der Waals surface area contributed by atoms with Gasteiger partial charge in [-0.25, -0.2) is 27.2 Å². The molecule has 12 nitrogen and oxygen atoms in total. The molecule has 55 heavy (non-hydrogen) atoms. The summed E-state index contributed by atoms with van der Waals surface area (Å²) >= 11 is 23.9. The quantitative estimate of drug-likeness (QED) is 0.118. The summed E-state index contributed by atoms with van der Waals surface area (Å²) in [4.78, 5) is 37.2. The van der Waals surface area contributed by atoms with Crippen molar-refractivity contribution in [3.8, 4) is 11.3 Å². The molecule has 2 aromatic carbocycles. The Morgan fingerprint density at radius 1 is 0.964 bits per heavy atom. The lowest BCUT2D eigenvalue weighted by Gasteiger charge is -2.39. The second-order valence-electron chi connectivity index (χ2n) is 14.9. The molecule has 6 rings (SSSR count). The van der Waals surface area contributed by atoms with Crippen molar-refractivity contribution in [3.63, 3.8) is 0 Å². The Hall–Kier alpha value is -3.33. The van der Waals surface area contributed by atoms with Gasteiger partial charge in [-0.1, -0.05) is 82.8 Å². The van der Waals surface area contributed by atoms with Gasteiger partial charge in [0.2, 0.25) is 9.74 Å². The number of hydrogen-bond donors (Lipinski definition) is 2. The monoisotopic (exact) mass is 852 g/mol. The van der Waals surface area contributed by atoms with Gasteiger partial charge in [0.25, 0.3) is 10.0 Å². The fourth-order valence-electron chi connectivity index (χ4n) is 7.19. The van der Waals surface area contributed by atoms with E-state index in [0.29, 0.717) is 60.5 Å². The van der Waals surface area contributed by atoms with Crippen LogP contribution in [0.5, 0.6) is 0 Å². The van der Waals surface area contributed by atoms with Gasteiger partial charge in [0.15, 0.2) is 0 Å². The highest BCUT2D eigenvalue weighted by Gasteiger charge is 2.38. The molecule has 0 spiro atoms. The normalized spacial score (nSPS) is 19.2. The zero-order valence-electron chi connectivity index (χ0n) is 30.7. The first-order chi connectivity index (χ1) is 26.0. The molecule has 1 aliphatic heterocycles. The van der Waals surface area contributed by atoms with E-state index in [-0.39, 0.29) is 40.5 Å². The van der Waals surface area contributed by atoms with Crippen LogP contribution in [0.1, 0.15) is 59.3 Å². The number of carbonyl (C=O) groups is 2. The van der Waals surface area contributed by atoms with E-state index in [1.807, 2.05) is 32.9 Å². The van der Waals surface area contributed by atoms with Crippen LogP contribution in [0.4, 0.5) is 10.7 Å². The number of ether oxygens (including phenoxy) is 2. The maximum absolute atomic E-state index is 13.7. The van der Waals surface area contributed by atoms with Crippen LogP contribution in [0.3, 0.4) is 0 Å². The highest BCUT2D eigenvalue weighted by atomic mass is 35.6. The van der Waals surface area contributed by atoms with E-state index in [1.165, 1.54) is 10.2 Å². The molecule has 296 valence electrons. The lowest BCUT2D eigenvalue weighted by Crippen LogP contribution is -2.54. The smallest absolute Gasteiger partial charge is 0.409 e. The Balaban J connectivity index is 1.17. The summed E-state index contributed by atoms with van der Waals surface area (Å²) in [7, 11) is -3.91. The molecular formula is C38H44Cl4N6O6S. The molecule has 17 heteroatoms. The molecule has 0 bridgehead atoms. The molecule has 2 fully saturated rings. The number of carbonyl (C=O) groups excluding carboxylic acids is 2. The minimum atomic E-state index is -3.91. The van der Waals surface area contributed by atoms with Crippen molar-refractivity contribution < 1.29 is 27.5 Å². The number of amides is 1. The van der Waals surface area contributed by atoms with Crippen molar-refractivity contribution in [2.45, 2.75) is 91.7 Å². The molecule has 0 radical (unpaired) electrons. The Labute approximate surface area is 341 Å². The zero-order chi connectivity index (χ0) is 39.5. The number of fused-ring (bicyclic) bond motifs is 1. The topological polar surface area (TPSA) is 145 Å². The highest BCUT2D eigenvalue weighted by Crippen LogP contribution is 2.36. The average molecular weight is 855 g/mol. The van der Waals surface area contributed by atoms with Crippen molar-refractivity contribution in [2.75, 3.05) is 25.0 Å². The van der Waals surface area contributed by atoms with Crippen molar-refractivity contribution >= 4 is 85.3 Å². The van der Waals surface area contributed by atoms with Crippen LogP contribution < -0.4 is 10.6 Å². The van der Waals surface area contributed by atoms with Gasteiger partial charge in [-0.05, 0) is 83.4 Å². The number of likely N-dealkylation sites (tertiary alicyclic amines) is 1. The molecule has 3 heterocycles. The number of benzene rings is 2. The number of rotatable bonds is 10. The van der Waals surface area contributed by atoms with Crippen LogP contribution >= 0.6 is 46.4 Å². The van der Waals surface area contributed by atoms with E-state index in [2.05, 4.69) is 15.6 Å². The predicted octanol–water partition coefficient (Wildman–Crippen LogP) is 8.23. The molecule has 1 saturated heterocycles. The van der Waals surface area contributed by atoms with Gasteiger partial charge in [0, 0.05) is 42.3 Å². The number of hydrogen-bond acceptors (Lipinski definition) is 10. The van der Waals surface area contributed by atoms with E-state index in [0.717, 1.165) is 19.3 Å². The van der Waals surface area contributed by atoms with Crippen molar-refractivity contribution in [3.05, 3.63) is 72.0 Å². The van der Waals surface area contributed by atoms with Gasteiger partial charge >= 0.3 is 12.1 Å². The number of piperidine rings is 1. The Morgan fingerprint density at radius 3 is 2.33 bits per heavy atom. The maximum atomic E-state index is 13.7. The molecule has 2 aromatic heterocycles.